The van der Waals surface area contributed by atoms with Crippen molar-refractivity contribution in [3.8, 4) is 0 Å². The first kappa shape index (κ1) is 16.2. The first-order valence-corrected chi connectivity index (χ1v) is 8.63. The minimum atomic E-state index is -0.949. The van der Waals surface area contributed by atoms with E-state index >= 15 is 0 Å². The van der Waals surface area contributed by atoms with Crippen LogP contribution in [0.2, 0.25) is 0 Å². The van der Waals surface area contributed by atoms with Crippen molar-refractivity contribution in [3.63, 3.8) is 0 Å². The van der Waals surface area contributed by atoms with Crippen LogP contribution in [0.3, 0.4) is 0 Å². The van der Waals surface area contributed by atoms with Gasteiger partial charge in [-0.3, -0.25) is 4.79 Å². The van der Waals surface area contributed by atoms with Gasteiger partial charge < -0.3 is 14.6 Å². The molecule has 1 fully saturated rings. The maximum Gasteiger partial charge on any atom is 0.327 e. The van der Waals surface area contributed by atoms with Gasteiger partial charge in [0.25, 0.3) is 0 Å². The second-order valence-electron chi connectivity index (χ2n) is 4.99. The molecule has 2 unspecified atom stereocenters. The van der Waals surface area contributed by atoms with Gasteiger partial charge in [0.15, 0.2) is 5.16 Å². The normalized spacial score (nSPS) is 22.0. The number of aromatic nitrogens is 3. The van der Waals surface area contributed by atoms with Gasteiger partial charge in [0.2, 0.25) is 5.91 Å². The van der Waals surface area contributed by atoms with Crippen molar-refractivity contribution in [2.24, 2.45) is 0 Å². The number of thioether (sulfide) groups is 2. The molecule has 0 saturated carbocycles. The van der Waals surface area contributed by atoms with Crippen molar-refractivity contribution in [1.82, 2.24) is 19.7 Å². The van der Waals surface area contributed by atoms with E-state index in [9.17, 15) is 14.7 Å². The Morgan fingerprint density at radius 3 is 2.90 bits per heavy atom. The van der Waals surface area contributed by atoms with E-state index in [0.29, 0.717) is 10.9 Å². The smallest absolute Gasteiger partial charge is 0.327 e. The summed E-state index contributed by atoms with van der Waals surface area (Å²) in [5, 5.41) is 17.6. The van der Waals surface area contributed by atoms with E-state index in [1.807, 2.05) is 25.3 Å². The van der Waals surface area contributed by atoms with Crippen molar-refractivity contribution in [1.29, 1.82) is 0 Å². The summed E-state index contributed by atoms with van der Waals surface area (Å²) in [6.45, 7) is 5.87. The number of hydrogen-bond donors (Lipinski definition) is 1. The Morgan fingerprint density at radius 1 is 1.57 bits per heavy atom. The zero-order valence-electron chi connectivity index (χ0n) is 12.1. The molecule has 1 amide bonds. The van der Waals surface area contributed by atoms with Gasteiger partial charge in [-0.15, -0.1) is 22.0 Å². The summed E-state index contributed by atoms with van der Waals surface area (Å²) >= 11 is 2.77. The van der Waals surface area contributed by atoms with Gasteiger partial charge in [-0.1, -0.05) is 11.8 Å². The van der Waals surface area contributed by atoms with Gasteiger partial charge in [0.05, 0.1) is 11.1 Å². The molecule has 2 rings (SSSR count). The number of carbonyl (C=O) groups is 2. The number of carbonyl (C=O) groups excluding carboxylic acids is 1. The van der Waals surface area contributed by atoms with E-state index in [0.717, 1.165) is 0 Å². The van der Waals surface area contributed by atoms with Crippen molar-refractivity contribution in [2.75, 3.05) is 11.5 Å². The lowest BCUT2D eigenvalue weighted by molar-refractivity contribution is -0.147. The van der Waals surface area contributed by atoms with Crippen molar-refractivity contribution in [3.05, 3.63) is 6.33 Å². The highest BCUT2D eigenvalue weighted by Gasteiger charge is 2.39. The molecule has 116 valence electrons. The molecule has 0 radical (unpaired) electrons. The van der Waals surface area contributed by atoms with E-state index in [2.05, 4.69) is 10.2 Å². The van der Waals surface area contributed by atoms with Gasteiger partial charge in [-0.25, -0.2) is 4.79 Å². The monoisotopic (exact) mass is 330 g/mol. The van der Waals surface area contributed by atoms with Crippen LogP contribution in [0.5, 0.6) is 0 Å². The Hall–Kier alpha value is -1.22. The summed E-state index contributed by atoms with van der Waals surface area (Å²) in [6.07, 6.45) is 1.63. The van der Waals surface area contributed by atoms with Gasteiger partial charge >= 0.3 is 5.97 Å². The van der Waals surface area contributed by atoms with Crippen LogP contribution < -0.4 is 0 Å². The molecule has 1 aliphatic heterocycles. The van der Waals surface area contributed by atoms with E-state index in [1.54, 1.807) is 6.33 Å². The Morgan fingerprint density at radius 2 is 2.29 bits per heavy atom. The number of nitrogens with zero attached hydrogens (tertiary/aromatic N) is 4. The summed E-state index contributed by atoms with van der Waals surface area (Å²) in [4.78, 5) is 25.0. The molecule has 1 aliphatic rings. The van der Waals surface area contributed by atoms with Gasteiger partial charge in [-0.05, 0) is 20.8 Å². The molecule has 0 aromatic carbocycles. The Balaban J connectivity index is 2.01. The van der Waals surface area contributed by atoms with E-state index in [1.165, 1.54) is 28.4 Å². The molecule has 2 heterocycles. The number of carboxylic acids is 1. The molecule has 9 heteroatoms. The third kappa shape index (κ3) is 3.52. The average molecular weight is 330 g/mol. The second-order valence-corrected chi connectivity index (χ2v) is 7.28. The fraction of sp³-hybridized carbons (Fsp3) is 0.667. The van der Waals surface area contributed by atoms with E-state index in [-0.39, 0.29) is 23.1 Å². The first-order chi connectivity index (χ1) is 9.91. The SMILES string of the molecule is CC1SCC(C(=O)O)N1C(=O)CSc1nncn1C(C)C. The predicted molar refractivity (Wildman–Crippen MR) is 81.3 cm³/mol. The van der Waals surface area contributed by atoms with Crippen LogP contribution in [0.4, 0.5) is 0 Å². The quantitative estimate of drug-likeness (QED) is 0.815. The first-order valence-electron chi connectivity index (χ1n) is 6.59. The van der Waals surface area contributed by atoms with Crippen LogP contribution in [-0.4, -0.2) is 59.6 Å². The highest BCUT2D eigenvalue weighted by atomic mass is 32.2. The lowest BCUT2D eigenvalue weighted by Crippen LogP contribution is -2.45. The van der Waals surface area contributed by atoms with Crippen molar-refractivity contribution in [2.45, 2.75) is 43.4 Å². The summed E-state index contributed by atoms with van der Waals surface area (Å²) in [7, 11) is 0. The predicted octanol–water partition coefficient (Wildman–Crippen LogP) is 1.33. The lowest BCUT2D eigenvalue weighted by atomic mass is 10.3. The van der Waals surface area contributed by atoms with Crippen LogP contribution in [0.1, 0.15) is 26.8 Å². The summed E-state index contributed by atoms with van der Waals surface area (Å²) in [5.74, 6) is -0.520. The maximum absolute atomic E-state index is 12.3. The number of amides is 1. The Labute approximate surface area is 131 Å². The molecule has 0 bridgehead atoms. The molecular formula is C12H18N4O3S2. The van der Waals surface area contributed by atoms with Crippen LogP contribution in [0, 0.1) is 0 Å². The van der Waals surface area contributed by atoms with Crippen molar-refractivity contribution >= 4 is 35.4 Å². The van der Waals surface area contributed by atoms with E-state index in [4.69, 9.17) is 0 Å². The third-order valence-corrected chi connectivity index (χ3v) is 5.38. The van der Waals surface area contributed by atoms with Gasteiger partial charge in [-0.2, -0.15) is 0 Å². The van der Waals surface area contributed by atoms with Gasteiger partial charge in [0.1, 0.15) is 12.4 Å². The topological polar surface area (TPSA) is 88.3 Å². The largest absolute Gasteiger partial charge is 0.480 e. The van der Waals surface area contributed by atoms with Crippen LogP contribution in [0.25, 0.3) is 0 Å². The molecule has 1 N–H and O–H groups in total. The number of hydrogen-bond acceptors (Lipinski definition) is 6. The molecule has 21 heavy (non-hydrogen) atoms. The van der Waals surface area contributed by atoms with Crippen LogP contribution >= 0.6 is 23.5 Å². The Bertz CT molecular complexity index is 534. The lowest BCUT2D eigenvalue weighted by Gasteiger charge is -2.24. The molecule has 1 saturated heterocycles. The fourth-order valence-electron chi connectivity index (χ4n) is 2.10. The minimum Gasteiger partial charge on any atom is -0.480 e. The minimum absolute atomic E-state index is 0.109. The highest BCUT2D eigenvalue weighted by Crippen LogP contribution is 2.30. The molecule has 1 aromatic heterocycles. The van der Waals surface area contributed by atoms with Crippen LogP contribution in [0.15, 0.2) is 11.5 Å². The van der Waals surface area contributed by atoms with E-state index < -0.39 is 12.0 Å². The number of carboxylic acid groups (broad SMARTS) is 1. The summed E-state index contributed by atoms with van der Waals surface area (Å²) in [5.41, 5.74) is 0. The maximum atomic E-state index is 12.3. The average Bonchev–Trinajstić information content (AvgIpc) is 3.02. The zero-order valence-corrected chi connectivity index (χ0v) is 13.7. The molecule has 1 aromatic rings. The van der Waals surface area contributed by atoms with Gasteiger partial charge in [0, 0.05) is 11.8 Å². The summed E-state index contributed by atoms with van der Waals surface area (Å²) < 4.78 is 1.88. The highest BCUT2D eigenvalue weighted by molar-refractivity contribution is 8.00. The number of aliphatic carboxylic acids is 1. The molecule has 0 aliphatic carbocycles. The molecule has 7 nitrogen and oxygen atoms in total. The van der Waals surface area contributed by atoms with Crippen molar-refractivity contribution < 1.29 is 14.7 Å². The summed E-state index contributed by atoms with van der Waals surface area (Å²) in [6, 6.07) is -0.522. The third-order valence-electron chi connectivity index (χ3n) is 3.22. The second kappa shape index (κ2) is 6.69. The fourth-order valence-corrected chi connectivity index (χ4v) is 4.20. The molecular weight excluding hydrogens is 312 g/mol. The zero-order chi connectivity index (χ0) is 15.6. The number of rotatable bonds is 5. The Kier molecular flexibility index (Phi) is 5.15. The van der Waals surface area contributed by atoms with Crippen LogP contribution in [-0.2, 0) is 9.59 Å². The molecule has 0 spiro atoms. The standard InChI is InChI=1S/C12H18N4O3S2/c1-7(2)15-6-13-14-12(15)21-5-10(17)16-8(3)20-4-9(16)11(18)19/h6-9H,4-5H2,1-3H3,(H,18,19). The molecule has 2 atom stereocenters.